The Morgan fingerprint density at radius 2 is 2.17 bits per heavy atom. The van der Waals surface area contributed by atoms with Gasteiger partial charge >= 0.3 is 0 Å². The van der Waals surface area contributed by atoms with Crippen molar-refractivity contribution in [3.63, 3.8) is 0 Å². The summed E-state index contributed by atoms with van der Waals surface area (Å²) >= 11 is 0. The van der Waals surface area contributed by atoms with Crippen molar-refractivity contribution in [3.05, 3.63) is 18.7 Å². The van der Waals surface area contributed by atoms with Crippen LogP contribution in [0.25, 0.3) is 0 Å². The van der Waals surface area contributed by atoms with E-state index in [1.54, 1.807) is 0 Å². The molecule has 0 aromatic carbocycles. The molecule has 3 heteroatoms. The number of nitrogens with one attached hydrogen (secondary N) is 1. The van der Waals surface area contributed by atoms with Crippen LogP contribution in [0.3, 0.4) is 0 Å². The van der Waals surface area contributed by atoms with E-state index >= 15 is 0 Å². The predicted octanol–water partition coefficient (Wildman–Crippen LogP) is 1.27. The number of rotatable bonds is 4. The van der Waals surface area contributed by atoms with Gasteiger partial charge in [0.15, 0.2) is 0 Å². The molecule has 3 nitrogen and oxygen atoms in total. The highest BCUT2D eigenvalue weighted by Crippen LogP contribution is 1.92. The molecule has 1 atom stereocenters. The van der Waals surface area contributed by atoms with Crippen LogP contribution in [0.2, 0.25) is 0 Å². The van der Waals surface area contributed by atoms with Crippen LogP contribution in [-0.2, 0) is 6.54 Å². The molecule has 0 aliphatic rings. The maximum Gasteiger partial charge on any atom is 0.0946 e. The fraction of sp³-hybridized carbons (Fsp3) is 0.667. The van der Waals surface area contributed by atoms with Crippen molar-refractivity contribution in [2.45, 2.75) is 39.4 Å². The first kappa shape index (κ1) is 9.26. The highest BCUT2D eigenvalue weighted by Gasteiger charge is 2.02. The Morgan fingerprint density at radius 3 is 2.67 bits per heavy atom. The molecular formula is C9H17N3. The van der Waals surface area contributed by atoms with Gasteiger partial charge in [0.1, 0.15) is 0 Å². The van der Waals surface area contributed by atoms with Gasteiger partial charge in [-0.2, -0.15) is 0 Å². The van der Waals surface area contributed by atoms with E-state index < -0.39 is 0 Å². The van der Waals surface area contributed by atoms with Gasteiger partial charge in [0.25, 0.3) is 0 Å². The summed E-state index contributed by atoms with van der Waals surface area (Å²) in [7, 11) is 0. The van der Waals surface area contributed by atoms with Crippen molar-refractivity contribution < 1.29 is 0 Å². The third-order valence-corrected chi connectivity index (χ3v) is 1.66. The average molecular weight is 167 g/mol. The molecule has 68 valence electrons. The molecule has 12 heavy (non-hydrogen) atoms. The summed E-state index contributed by atoms with van der Waals surface area (Å²) in [5, 5.41) is 3.43. The summed E-state index contributed by atoms with van der Waals surface area (Å²) in [5.41, 5.74) is 0. The van der Waals surface area contributed by atoms with Gasteiger partial charge in [-0.25, -0.2) is 4.98 Å². The summed E-state index contributed by atoms with van der Waals surface area (Å²) in [6.07, 6.45) is 5.64. The van der Waals surface area contributed by atoms with Crippen LogP contribution in [0.1, 0.15) is 20.8 Å². The third kappa shape index (κ3) is 3.05. The Kier molecular flexibility index (Phi) is 3.29. The van der Waals surface area contributed by atoms with E-state index in [0.29, 0.717) is 12.1 Å². The minimum atomic E-state index is 0.499. The molecule has 1 unspecified atom stereocenters. The van der Waals surface area contributed by atoms with Gasteiger partial charge in [0.2, 0.25) is 0 Å². The van der Waals surface area contributed by atoms with Crippen molar-refractivity contribution >= 4 is 0 Å². The van der Waals surface area contributed by atoms with Crippen LogP contribution in [0.15, 0.2) is 18.7 Å². The van der Waals surface area contributed by atoms with E-state index in [0.717, 1.165) is 6.54 Å². The van der Waals surface area contributed by atoms with Gasteiger partial charge < -0.3 is 9.88 Å². The second-order valence-corrected chi connectivity index (χ2v) is 3.48. The zero-order valence-corrected chi connectivity index (χ0v) is 7.99. The second-order valence-electron chi connectivity index (χ2n) is 3.48. The molecule has 0 spiro atoms. The molecule has 0 saturated heterocycles. The monoisotopic (exact) mass is 167 g/mol. The molecule has 0 aliphatic heterocycles. The van der Waals surface area contributed by atoms with Crippen LogP contribution in [0, 0.1) is 0 Å². The summed E-state index contributed by atoms with van der Waals surface area (Å²) in [5.74, 6) is 0. The van der Waals surface area contributed by atoms with Crippen molar-refractivity contribution in [1.29, 1.82) is 0 Å². The molecule has 1 heterocycles. The Balaban J connectivity index is 2.32. The third-order valence-electron chi connectivity index (χ3n) is 1.66. The molecule has 1 aromatic rings. The van der Waals surface area contributed by atoms with E-state index in [2.05, 4.69) is 35.6 Å². The van der Waals surface area contributed by atoms with Crippen molar-refractivity contribution in [1.82, 2.24) is 14.9 Å². The largest absolute Gasteiger partial charge is 0.336 e. The fourth-order valence-corrected chi connectivity index (χ4v) is 1.33. The Morgan fingerprint density at radius 1 is 1.42 bits per heavy atom. The van der Waals surface area contributed by atoms with Crippen LogP contribution < -0.4 is 5.32 Å². The maximum absolute atomic E-state index is 3.99. The zero-order valence-electron chi connectivity index (χ0n) is 7.99. The van der Waals surface area contributed by atoms with Gasteiger partial charge in [-0.05, 0) is 6.92 Å². The maximum atomic E-state index is 3.99. The first-order valence-electron chi connectivity index (χ1n) is 4.40. The topological polar surface area (TPSA) is 29.9 Å². The van der Waals surface area contributed by atoms with Gasteiger partial charge in [-0.3, -0.25) is 0 Å². The molecule has 1 N–H and O–H groups in total. The normalized spacial score (nSPS) is 13.7. The fourth-order valence-electron chi connectivity index (χ4n) is 1.33. The molecule has 0 amide bonds. The zero-order chi connectivity index (χ0) is 8.97. The van der Waals surface area contributed by atoms with Crippen molar-refractivity contribution in [3.8, 4) is 0 Å². The standard InChI is InChI=1S/C9H17N3/c1-8(2)11-9(3)6-12-5-4-10-7-12/h4-5,7-9,11H,6H2,1-3H3. The van der Waals surface area contributed by atoms with Gasteiger partial charge in [-0.1, -0.05) is 13.8 Å². The minimum absolute atomic E-state index is 0.499. The smallest absolute Gasteiger partial charge is 0.0946 e. The molecule has 1 rings (SSSR count). The molecule has 1 aromatic heterocycles. The summed E-state index contributed by atoms with van der Waals surface area (Å²) in [6, 6.07) is 1.04. The number of imidazole rings is 1. The van der Waals surface area contributed by atoms with Gasteiger partial charge in [0, 0.05) is 31.0 Å². The SMILES string of the molecule is CC(C)NC(C)Cn1ccnc1. The summed E-state index contributed by atoms with van der Waals surface area (Å²) in [4.78, 5) is 3.99. The second kappa shape index (κ2) is 4.26. The molecule has 0 fully saturated rings. The van der Waals surface area contributed by atoms with Gasteiger partial charge in [-0.15, -0.1) is 0 Å². The molecule has 0 saturated carbocycles. The quantitative estimate of drug-likeness (QED) is 0.732. The lowest BCUT2D eigenvalue weighted by atomic mass is 10.3. The average Bonchev–Trinajstić information content (AvgIpc) is 2.37. The number of nitrogens with zero attached hydrogens (tertiary/aromatic N) is 2. The predicted molar refractivity (Wildman–Crippen MR) is 50.0 cm³/mol. The summed E-state index contributed by atoms with van der Waals surface area (Å²) < 4.78 is 2.08. The molecule has 0 bridgehead atoms. The lowest BCUT2D eigenvalue weighted by Gasteiger charge is -2.16. The van der Waals surface area contributed by atoms with Crippen LogP contribution in [-0.4, -0.2) is 21.6 Å². The lowest BCUT2D eigenvalue weighted by molar-refractivity contribution is 0.438. The Bertz CT molecular complexity index is 204. The lowest BCUT2D eigenvalue weighted by Crippen LogP contribution is -2.35. The van der Waals surface area contributed by atoms with Crippen LogP contribution in [0.4, 0.5) is 0 Å². The van der Waals surface area contributed by atoms with E-state index in [9.17, 15) is 0 Å². The number of hydrogen-bond acceptors (Lipinski definition) is 2. The Labute approximate surface area is 73.8 Å². The van der Waals surface area contributed by atoms with Crippen LogP contribution in [0.5, 0.6) is 0 Å². The Hall–Kier alpha value is -0.830. The first-order valence-corrected chi connectivity index (χ1v) is 4.40. The van der Waals surface area contributed by atoms with Crippen LogP contribution >= 0.6 is 0 Å². The summed E-state index contributed by atoms with van der Waals surface area (Å²) in [6.45, 7) is 7.48. The highest BCUT2D eigenvalue weighted by atomic mass is 15.1. The van der Waals surface area contributed by atoms with E-state index in [1.165, 1.54) is 0 Å². The number of hydrogen-bond donors (Lipinski definition) is 1. The highest BCUT2D eigenvalue weighted by molar-refractivity contribution is 4.76. The molecule has 0 aliphatic carbocycles. The van der Waals surface area contributed by atoms with Crippen molar-refractivity contribution in [2.75, 3.05) is 0 Å². The van der Waals surface area contributed by atoms with Crippen molar-refractivity contribution in [2.24, 2.45) is 0 Å². The first-order chi connectivity index (χ1) is 5.68. The van der Waals surface area contributed by atoms with E-state index in [-0.39, 0.29) is 0 Å². The minimum Gasteiger partial charge on any atom is -0.336 e. The van der Waals surface area contributed by atoms with Gasteiger partial charge in [0.05, 0.1) is 6.33 Å². The van der Waals surface area contributed by atoms with E-state index in [4.69, 9.17) is 0 Å². The number of aromatic nitrogens is 2. The molecule has 0 radical (unpaired) electrons. The molecular weight excluding hydrogens is 150 g/mol. The van der Waals surface area contributed by atoms with E-state index in [1.807, 2.05) is 18.7 Å².